The molecule has 0 saturated heterocycles. The number of carbonyl (C=O) groups is 1. The maximum Gasteiger partial charge on any atom is 0.261 e. The highest BCUT2D eigenvalue weighted by molar-refractivity contribution is 7.89. The Labute approximate surface area is 158 Å². The summed E-state index contributed by atoms with van der Waals surface area (Å²) in [5.41, 5.74) is 2.68. The number of nitrogens with zero attached hydrogens (tertiary/aromatic N) is 1. The van der Waals surface area contributed by atoms with Crippen molar-refractivity contribution in [3.05, 3.63) is 51.7 Å². The summed E-state index contributed by atoms with van der Waals surface area (Å²) in [5, 5.41) is 4.00. The van der Waals surface area contributed by atoms with Crippen molar-refractivity contribution in [2.45, 2.75) is 30.8 Å². The number of carbonyl (C=O) groups excluding carboxylic acids is 1. The number of benzene rings is 1. The molecule has 0 unspecified atom stereocenters. The first-order valence-corrected chi connectivity index (χ1v) is 10.9. The van der Waals surface area contributed by atoms with E-state index in [0.29, 0.717) is 11.4 Å². The minimum Gasteiger partial charge on any atom is -0.354 e. The van der Waals surface area contributed by atoms with Gasteiger partial charge in [0.15, 0.2) is 0 Å². The van der Waals surface area contributed by atoms with E-state index in [1.54, 1.807) is 0 Å². The molecule has 1 aliphatic heterocycles. The Morgan fingerprint density at radius 2 is 2.04 bits per heavy atom. The van der Waals surface area contributed by atoms with Crippen LogP contribution in [0.5, 0.6) is 0 Å². The van der Waals surface area contributed by atoms with Gasteiger partial charge < -0.3 is 5.32 Å². The third-order valence-electron chi connectivity index (χ3n) is 4.43. The lowest BCUT2D eigenvalue weighted by molar-refractivity contribution is 0.0967. The Morgan fingerprint density at radius 1 is 1.31 bits per heavy atom. The van der Waals surface area contributed by atoms with Crippen LogP contribution >= 0.6 is 11.3 Å². The molecule has 2 N–H and O–H groups in total. The summed E-state index contributed by atoms with van der Waals surface area (Å²) >= 11 is 1.12. The fraction of sp³-hybridized carbons (Fsp3) is 0.389. The second kappa shape index (κ2) is 7.87. The zero-order chi connectivity index (χ0) is 18.7. The molecule has 1 atom stereocenters. The summed E-state index contributed by atoms with van der Waals surface area (Å²) in [6, 6.07) is 9.55. The summed E-state index contributed by atoms with van der Waals surface area (Å²) in [7, 11) is -2.12. The van der Waals surface area contributed by atoms with Crippen LogP contribution in [0.3, 0.4) is 0 Å². The van der Waals surface area contributed by atoms with Gasteiger partial charge in [0.1, 0.15) is 0 Å². The Balaban J connectivity index is 1.61. The molecule has 8 heteroatoms. The van der Waals surface area contributed by atoms with E-state index in [9.17, 15) is 13.2 Å². The van der Waals surface area contributed by atoms with Crippen LogP contribution in [0.15, 0.2) is 40.6 Å². The van der Waals surface area contributed by atoms with Gasteiger partial charge in [-0.15, -0.1) is 11.3 Å². The monoisotopic (exact) mass is 393 g/mol. The summed E-state index contributed by atoms with van der Waals surface area (Å²) < 4.78 is 27.8. The molecule has 0 saturated carbocycles. The van der Waals surface area contributed by atoms with E-state index in [2.05, 4.69) is 33.1 Å². The molecule has 6 nitrogen and oxygen atoms in total. The quantitative estimate of drug-likeness (QED) is 0.785. The summed E-state index contributed by atoms with van der Waals surface area (Å²) in [5.74, 6) is -0.281. The SMILES string of the molecule is CNC(=O)c1cc(S(=O)(=O)N[C@H](C)CN2CCc3ccccc3C2)cs1. The second-order valence-corrected chi connectivity index (χ2v) is 9.13. The molecule has 3 rings (SSSR count). The lowest BCUT2D eigenvalue weighted by atomic mass is 10.00. The van der Waals surface area contributed by atoms with E-state index in [-0.39, 0.29) is 16.8 Å². The van der Waals surface area contributed by atoms with E-state index in [4.69, 9.17) is 0 Å². The van der Waals surface area contributed by atoms with Gasteiger partial charge in [-0.2, -0.15) is 0 Å². The summed E-state index contributed by atoms with van der Waals surface area (Å²) in [4.78, 5) is 14.4. The van der Waals surface area contributed by atoms with Gasteiger partial charge in [-0.05, 0) is 30.5 Å². The molecule has 0 bridgehead atoms. The molecule has 1 aliphatic rings. The molecule has 0 radical (unpaired) electrons. The van der Waals surface area contributed by atoms with Crippen LogP contribution in [0, 0.1) is 0 Å². The van der Waals surface area contributed by atoms with Gasteiger partial charge in [0, 0.05) is 38.1 Å². The second-order valence-electron chi connectivity index (χ2n) is 6.50. The van der Waals surface area contributed by atoms with Crippen molar-refractivity contribution < 1.29 is 13.2 Å². The Kier molecular flexibility index (Phi) is 5.76. The predicted molar refractivity (Wildman–Crippen MR) is 103 cm³/mol. The number of nitrogens with one attached hydrogen (secondary N) is 2. The van der Waals surface area contributed by atoms with E-state index in [1.807, 2.05) is 13.0 Å². The van der Waals surface area contributed by atoms with E-state index in [0.717, 1.165) is 30.8 Å². The van der Waals surface area contributed by atoms with Crippen molar-refractivity contribution in [3.8, 4) is 0 Å². The van der Waals surface area contributed by atoms with Crippen molar-refractivity contribution >= 4 is 27.3 Å². The van der Waals surface area contributed by atoms with Crippen molar-refractivity contribution in [2.24, 2.45) is 0 Å². The number of fused-ring (bicyclic) bond motifs is 1. The Hall–Kier alpha value is -1.74. The molecule has 0 aliphatic carbocycles. The lowest BCUT2D eigenvalue weighted by Crippen LogP contribution is -2.43. The van der Waals surface area contributed by atoms with Gasteiger partial charge in [-0.25, -0.2) is 13.1 Å². The van der Waals surface area contributed by atoms with E-state index in [1.165, 1.54) is 29.6 Å². The van der Waals surface area contributed by atoms with Crippen molar-refractivity contribution in [3.63, 3.8) is 0 Å². The standard InChI is InChI=1S/C18H23N3O3S2/c1-13(10-21-8-7-14-5-3-4-6-15(14)11-21)20-26(23,24)16-9-17(25-12-16)18(22)19-2/h3-6,9,12-13,20H,7-8,10-11H2,1-2H3,(H,19,22)/t13-/m1/s1. The average Bonchev–Trinajstić information content (AvgIpc) is 3.11. The normalized spacial score (nSPS) is 16.1. The van der Waals surface area contributed by atoms with Crippen LogP contribution in [0.25, 0.3) is 0 Å². The molecule has 0 fully saturated rings. The summed E-state index contributed by atoms with van der Waals surface area (Å²) in [6.07, 6.45) is 0.982. The maximum atomic E-state index is 12.6. The first-order chi connectivity index (χ1) is 12.4. The van der Waals surface area contributed by atoms with Gasteiger partial charge in [-0.1, -0.05) is 24.3 Å². The Bertz CT molecular complexity index is 893. The van der Waals surface area contributed by atoms with Gasteiger partial charge in [-0.3, -0.25) is 9.69 Å². The first-order valence-electron chi connectivity index (χ1n) is 8.51. The molecule has 26 heavy (non-hydrogen) atoms. The molecule has 0 spiro atoms. The Morgan fingerprint density at radius 3 is 2.77 bits per heavy atom. The fourth-order valence-electron chi connectivity index (χ4n) is 3.17. The highest BCUT2D eigenvalue weighted by atomic mass is 32.2. The van der Waals surface area contributed by atoms with Gasteiger partial charge in [0.05, 0.1) is 9.77 Å². The minimum absolute atomic E-state index is 0.136. The molecular formula is C18H23N3O3S2. The number of thiophene rings is 1. The van der Waals surface area contributed by atoms with Crippen LogP contribution in [-0.2, 0) is 23.0 Å². The zero-order valence-corrected chi connectivity index (χ0v) is 16.5. The molecule has 140 valence electrons. The smallest absolute Gasteiger partial charge is 0.261 e. The van der Waals surface area contributed by atoms with Gasteiger partial charge in [0.2, 0.25) is 10.0 Å². The predicted octanol–water partition coefficient (Wildman–Crippen LogP) is 1.83. The largest absolute Gasteiger partial charge is 0.354 e. The topological polar surface area (TPSA) is 78.5 Å². The average molecular weight is 394 g/mol. The number of hydrogen-bond donors (Lipinski definition) is 2. The highest BCUT2D eigenvalue weighted by Gasteiger charge is 2.23. The van der Waals surface area contributed by atoms with Crippen molar-refractivity contribution in [1.82, 2.24) is 14.9 Å². The fourth-order valence-corrected chi connectivity index (χ4v) is 5.62. The highest BCUT2D eigenvalue weighted by Crippen LogP contribution is 2.21. The van der Waals surface area contributed by atoms with Crippen LogP contribution in [0.2, 0.25) is 0 Å². The van der Waals surface area contributed by atoms with Crippen molar-refractivity contribution in [2.75, 3.05) is 20.1 Å². The van der Waals surface area contributed by atoms with E-state index >= 15 is 0 Å². The molecule has 2 heterocycles. The molecule has 1 aromatic heterocycles. The van der Waals surface area contributed by atoms with Gasteiger partial charge in [0.25, 0.3) is 5.91 Å². The third-order valence-corrected chi connectivity index (χ3v) is 7.08. The van der Waals surface area contributed by atoms with Crippen LogP contribution < -0.4 is 10.0 Å². The van der Waals surface area contributed by atoms with Crippen molar-refractivity contribution in [1.29, 1.82) is 0 Å². The van der Waals surface area contributed by atoms with Crippen LogP contribution in [0.4, 0.5) is 0 Å². The van der Waals surface area contributed by atoms with Gasteiger partial charge >= 0.3 is 0 Å². The van der Waals surface area contributed by atoms with E-state index < -0.39 is 10.0 Å². The summed E-state index contributed by atoms with van der Waals surface area (Å²) in [6.45, 7) is 4.26. The molecule has 1 aromatic carbocycles. The molecular weight excluding hydrogens is 370 g/mol. The number of sulfonamides is 1. The zero-order valence-electron chi connectivity index (χ0n) is 14.9. The molecule has 2 aromatic rings. The first kappa shape index (κ1) is 19.0. The number of amides is 1. The molecule has 1 amide bonds. The third kappa shape index (κ3) is 4.32. The van der Waals surface area contributed by atoms with Crippen LogP contribution in [-0.4, -0.2) is 45.4 Å². The maximum absolute atomic E-state index is 12.6. The lowest BCUT2D eigenvalue weighted by Gasteiger charge is -2.30. The number of rotatable bonds is 6. The van der Waals surface area contributed by atoms with Crippen LogP contribution in [0.1, 0.15) is 27.7 Å². The number of hydrogen-bond acceptors (Lipinski definition) is 5. The minimum atomic E-state index is -3.64.